The van der Waals surface area contributed by atoms with Gasteiger partial charge in [-0.3, -0.25) is 4.79 Å². The summed E-state index contributed by atoms with van der Waals surface area (Å²) in [5.74, 6) is 0.700. The lowest BCUT2D eigenvalue weighted by Crippen LogP contribution is -2.24. The number of hydrogen-bond acceptors (Lipinski definition) is 1. The van der Waals surface area contributed by atoms with Crippen LogP contribution >= 0.6 is 0 Å². The highest BCUT2D eigenvalue weighted by Crippen LogP contribution is 2.22. The minimum absolute atomic E-state index is 0.198. The van der Waals surface area contributed by atoms with Crippen LogP contribution in [0.1, 0.15) is 30.7 Å². The molecule has 0 unspecified atom stereocenters. The van der Waals surface area contributed by atoms with Gasteiger partial charge in [-0.2, -0.15) is 0 Å². The molecule has 1 saturated heterocycles. The standard InChI is InChI=1S/C12H15NO/c14-12-8-4-7-11(9-13-12)10-5-2-1-3-6-10/h1-3,5-6,11H,4,7-9H2,(H,13,14)/t11-/m1/s1. The topological polar surface area (TPSA) is 29.1 Å². The number of hydrogen-bond donors (Lipinski definition) is 1. The summed E-state index contributed by atoms with van der Waals surface area (Å²) in [7, 11) is 0. The van der Waals surface area contributed by atoms with Gasteiger partial charge >= 0.3 is 0 Å². The van der Waals surface area contributed by atoms with Crippen molar-refractivity contribution >= 4 is 5.91 Å². The van der Waals surface area contributed by atoms with E-state index >= 15 is 0 Å². The van der Waals surface area contributed by atoms with Gasteiger partial charge in [0.2, 0.25) is 5.91 Å². The largest absolute Gasteiger partial charge is 0.355 e. The van der Waals surface area contributed by atoms with Crippen molar-refractivity contribution in [2.24, 2.45) is 0 Å². The molecule has 0 saturated carbocycles. The summed E-state index contributed by atoms with van der Waals surface area (Å²) < 4.78 is 0. The molecule has 0 spiro atoms. The molecule has 1 aromatic carbocycles. The number of nitrogens with one attached hydrogen (secondary N) is 1. The Morgan fingerprint density at radius 1 is 1.21 bits per heavy atom. The van der Waals surface area contributed by atoms with Crippen molar-refractivity contribution in [2.45, 2.75) is 25.2 Å². The van der Waals surface area contributed by atoms with E-state index in [9.17, 15) is 4.79 Å². The van der Waals surface area contributed by atoms with Gasteiger partial charge in [0.15, 0.2) is 0 Å². The molecule has 1 aliphatic rings. The molecule has 1 aromatic rings. The number of carbonyl (C=O) groups excluding carboxylic acids is 1. The van der Waals surface area contributed by atoms with Gasteiger partial charge in [-0.1, -0.05) is 30.3 Å². The van der Waals surface area contributed by atoms with Crippen molar-refractivity contribution < 1.29 is 4.79 Å². The molecule has 2 rings (SSSR count). The third-order valence-electron chi connectivity index (χ3n) is 2.77. The first-order chi connectivity index (χ1) is 6.86. The Kier molecular flexibility index (Phi) is 2.82. The monoisotopic (exact) mass is 189 g/mol. The fourth-order valence-electron chi connectivity index (χ4n) is 1.95. The Balaban J connectivity index is 2.08. The summed E-state index contributed by atoms with van der Waals surface area (Å²) in [6, 6.07) is 10.4. The molecule has 0 radical (unpaired) electrons. The van der Waals surface area contributed by atoms with Gasteiger partial charge in [-0.05, 0) is 18.4 Å². The SMILES string of the molecule is O=C1CCC[C@@H](c2ccccc2)CN1. The van der Waals surface area contributed by atoms with Gasteiger partial charge in [0.05, 0.1) is 0 Å². The van der Waals surface area contributed by atoms with Crippen molar-refractivity contribution in [1.82, 2.24) is 5.32 Å². The highest BCUT2D eigenvalue weighted by molar-refractivity contribution is 5.76. The summed E-state index contributed by atoms with van der Waals surface area (Å²) >= 11 is 0. The highest BCUT2D eigenvalue weighted by Gasteiger charge is 2.16. The molecule has 14 heavy (non-hydrogen) atoms. The lowest BCUT2D eigenvalue weighted by atomic mass is 9.95. The van der Waals surface area contributed by atoms with Gasteiger partial charge < -0.3 is 5.32 Å². The third kappa shape index (κ3) is 2.13. The number of rotatable bonds is 1. The maximum atomic E-state index is 11.1. The van der Waals surface area contributed by atoms with E-state index in [1.807, 2.05) is 6.07 Å². The zero-order valence-electron chi connectivity index (χ0n) is 8.20. The average Bonchev–Trinajstić information content (AvgIpc) is 2.44. The van der Waals surface area contributed by atoms with Gasteiger partial charge in [0.1, 0.15) is 0 Å². The normalized spacial score (nSPS) is 22.6. The fourth-order valence-corrected chi connectivity index (χ4v) is 1.95. The molecule has 0 aromatic heterocycles. The first-order valence-corrected chi connectivity index (χ1v) is 5.18. The van der Waals surface area contributed by atoms with E-state index in [0.717, 1.165) is 19.4 Å². The molecule has 74 valence electrons. The van der Waals surface area contributed by atoms with Crippen LogP contribution in [0.25, 0.3) is 0 Å². The van der Waals surface area contributed by atoms with Crippen molar-refractivity contribution in [2.75, 3.05) is 6.54 Å². The van der Waals surface area contributed by atoms with Crippen LogP contribution in [0, 0.1) is 0 Å². The first kappa shape index (κ1) is 9.25. The molecular formula is C12H15NO. The average molecular weight is 189 g/mol. The lowest BCUT2D eigenvalue weighted by Gasteiger charge is -2.13. The quantitative estimate of drug-likeness (QED) is 0.720. The molecule has 1 N–H and O–H groups in total. The van der Waals surface area contributed by atoms with Crippen molar-refractivity contribution in [3.05, 3.63) is 35.9 Å². The van der Waals surface area contributed by atoms with Gasteiger partial charge in [0.25, 0.3) is 0 Å². The van der Waals surface area contributed by atoms with Crippen LogP contribution < -0.4 is 5.32 Å². The van der Waals surface area contributed by atoms with Gasteiger partial charge in [-0.25, -0.2) is 0 Å². The van der Waals surface area contributed by atoms with E-state index in [2.05, 4.69) is 29.6 Å². The minimum atomic E-state index is 0.198. The summed E-state index contributed by atoms with van der Waals surface area (Å²) in [6.45, 7) is 0.794. The van der Waals surface area contributed by atoms with E-state index in [-0.39, 0.29) is 5.91 Å². The van der Waals surface area contributed by atoms with E-state index in [0.29, 0.717) is 12.3 Å². The molecule has 1 aliphatic heterocycles. The smallest absolute Gasteiger partial charge is 0.220 e. The Morgan fingerprint density at radius 2 is 2.00 bits per heavy atom. The molecule has 2 heteroatoms. The van der Waals surface area contributed by atoms with Crippen LogP contribution in [-0.4, -0.2) is 12.5 Å². The molecule has 1 fully saturated rings. The van der Waals surface area contributed by atoms with E-state index in [1.54, 1.807) is 0 Å². The molecule has 2 nitrogen and oxygen atoms in total. The summed E-state index contributed by atoms with van der Waals surface area (Å²) in [5.41, 5.74) is 1.34. The van der Waals surface area contributed by atoms with Gasteiger partial charge in [0, 0.05) is 18.9 Å². The Labute approximate surface area is 84.3 Å². The maximum absolute atomic E-state index is 11.1. The van der Waals surface area contributed by atoms with Crippen LogP contribution in [0.4, 0.5) is 0 Å². The minimum Gasteiger partial charge on any atom is -0.355 e. The highest BCUT2D eigenvalue weighted by atomic mass is 16.1. The Morgan fingerprint density at radius 3 is 2.79 bits per heavy atom. The van der Waals surface area contributed by atoms with Crippen molar-refractivity contribution in [3.63, 3.8) is 0 Å². The van der Waals surface area contributed by atoms with E-state index in [1.165, 1.54) is 5.56 Å². The molecular weight excluding hydrogens is 174 g/mol. The predicted octanol–water partition coefficient (Wildman–Crippen LogP) is 2.07. The predicted molar refractivity (Wildman–Crippen MR) is 56.0 cm³/mol. The Hall–Kier alpha value is -1.31. The number of carbonyl (C=O) groups is 1. The molecule has 0 aliphatic carbocycles. The van der Waals surface area contributed by atoms with Crippen LogP contribution in [0.2, 0.25) is 0 Å². The second-order valence-corrected chi connectivity index (χ2v) is 3.80. The molecule has 1 amide bonds. The fraction of sp³-hybridized carbons (Fsp3) is 0.417. The van der Waals surface area contributed by atoms with E-state index in [4.69, 9.17) is 0 Å². The second-order valence-electron chi connectivity index (χ2n) is 3.80. The molecule has 1 heterocycles. The summed E-state index contributed by atoms with van der Waals surface area (Å²) in [6.07, 6.45) is 2.80. The number of amides is 1. The maximum Gasteiger partial charge on any atom is 0.220 e. The zero-order chi connectivity index (χ0) is 9.80. The first-order valence-electron chi connectivity index (χ1n) is 5.18. The second kappa shape index (κ2) is 4.27. The summed E-state index contributed by atoms with van der Waals surface area (Å²) in [4.78, 5) is 11.1. The van der Waals surface area contributed by atoms with Gasteiger partial charge in [-0.15, -0.1) is 0 Å². The summed E-state index contributed by atoms with van der Waals surface area (Å²) in [5, 5.41) is 2.95. The Bertz CT molecular complexity index is 307. The lowest BCUT2D eigenvalue weighted by molar-refractivity contribution is -0.120. The van der Waals surface area contributed by atoms with Crippen molar-refractivity contribution in [3.8, 4) is 0 Å². The van der Waals surface area contributed by atoms with Crippen LogP contribution in [0.15, 0.2) is 30.3 Å². The molecule has 0 bridgehead atoms. The number of benzene rings is 1. The van der Waals surface area contributed by atoms with Crippen molar-refractivity contribution in [1.29, 1.82) is 0 Å². The van der Waals surface area contributed by atoms with Crippen LogP contribution in [-0.2, 0) is 4.79 Å². The molecule has 1 atom stereocenters. The zero-order valence-corrected chi connectivity index (χ0v) is 8.20. The third-order valence-corrected chi connectivity index (χ3v) is 2.77. The van der Waals surface area contributed by atoms with Crippen LogP contribution in [0.5, 0.6) is 0 Å². The van der Waals surface area contributed by atoms with Crippen LogP contribution in [0.3, 0.4) is 0 Å². The van der Waals surface area contributed by atoms with E-state index < -0.39 is 0 Å².